The molecule has 4 rings (SSSR count). The number of aromatic nitrogens is 2. The third kappa shape index (κ3) is 3.94. The molecule has 0 saturated heterocycles. The highest BCUT2D eigenvalue weighted by Crippen LogP contribution is 2.15. The first kappa shape index (κ1) is 18.6. The van der Waals surface area contributed by atoms with E-state index in [-0.39, 0.29) is 23.1 Å². The minimum absolute atomic E-state index is 0.115. The van der Waals surface area contributed by atoms with E-state index in [9.17, 15) is 9.59 Å². The lowest BCUT2D eigenvalue weighted by Crippen LogP contribution is -2.35. The average molecular weight is 383 g/mol. The van der Waals surface area contributed by atoms with E-state index in [2.05, 4.69) is 10.3 Å². The van der Waals surface area contributed by atoms with Crippen LogP contribution in [-0.2, 0) is 6.54 Å². The van der Waals surface area contributed by atoms with Crippen LogP contribution in [-0.4, -0.2) is 15.5 Å². The Bertz CT molecular complexity index is 1200. The number of nitrogens with zero attached hydrogens (tertiary/aromatic N) is 2. The van der Waals surface area contributed by atoms with E-state index in [0.29, 0.717) is 12.2 Å². The fourth-order valence-electron chi connectivity index (χ4n) is 3.38. The Labute approximate surface area is 168 Å². The lowest BCUT2D eigenvalue weighted by molar-refractivity contribution is 0.0938. The van der Waals surface area contributed by atoms with Crippen LogP contribution in [0.3, 0.4) is 0 Å². The Morgan fingerprint density at radius 3 is 2.41 bits per heavy atom. The van der Waals surface area contributed by atoms with E-state index < -0.39 is 0 Å². The maximum atomic E-state index is 13.2. The van der Waals surface area contributed by atoms with E-state index in [1.165, 1.54) is 0 Å². The minimum atomic E-state index is -0.390. The number of hydrogen-bond acceptors (Lipinski definition) is 3. The summed E-state index contributed by atoms with van der Waals surface area (Å²) in [6.07, 6.45) is 1.65. The summed E-state index contributed by atoms with van der Waals surface area (Å²) in [7, 11) is 0. The van der Waals surface area contributed by atoms with Gasteiger partial charge in [-0.2, -0.15) is 0 Å². The van der Waals surface area contributed by atoms with Crippen molar-refractivity contribution in [1.29, 1.82) is 0 Å². The number of amides is 1. The second-order valence-electron chi connectivity index (χ2n) is 6.96. The van der Waals surface area contributed by atoms with Gasteiger partial charge in [-0.05, 0) is 36.2 Å². The summed E-state index contributed by atoms with van der Waals surface area (Å²) >= 11 is 0. The summed E-state index contributed by atoms with van der Waals surface area (Å²) < 4.78 is 1.56. The van der Waals surface area contributed by atoms with Gasteiger partial charge in [-0.1, -0.05) is 60.7 Å². The first-order chi connectivity index (χ1) is 14.1. The average Bonchev–Trinajstić information content (AvgIpc) is 2.76. The highest BCUT2D eigenvalue weighted by atomic mass is 16.2. The summed E-state index contributed by atoms with van der Waals surface area (Å²) in [6, 6.07) is 24.4. The Kier molecular flexibility index (Phi) is 5.20. The third-order valence-corrected chi connectivity index (χ3v) is 4.92. The van der Waals surface area contributed by atoms with Crippen molar-refractivity contribution in [3.63, 3.8) is 0 Å². The van der Waals surface area contributed by atoms with Crippen LogP contribution in [0.2, 0.25) is 0 Å². The zero-order valence-electron chi connectivity index (χ0n) is 16.1. The Hall–Kier alpha value is -3.73. The summed E-state index contributed by atoms with van der Waals surface area (Å²) in [5.74, 6) is -0.390. The highest BCUT2D eigenvalue weighted by Gasteiger charge is 2.18. The molecule has 0 saturated carbocycles. The Balaban J connectivity index is 1.74. The first-order valence-electron chi connectivity index (χ1n) is 9.52. The van der Waals surface area contributed by atoms with Crippen molar-refractivity contribution in [3.05, 3.63) is 112 Å². The number of rotatable bonds is 5. The normalized spacial score (nSPS) is 11.9. The predicted octanol–water partition coefficient (Wildman–Crippen LogP) is 3.94. The number of carbonyl (C=O) groups excluding carboxylic acids is 1. The molecule has 5 heteroatoms. The fraction of sp³-hybridized carbons (Fsp3) is 0.125. The van der Waals surface area contributed by atoms with Crippen molar-refractivity contribution in [2.75, 3.05) is 0 Å². The molecule has 0 radical (unpaired) electrons. The zero-order valence-corrected chi connectivity index (χ0v) is 16.1. The predicted molar refractivity (Wildman–Crippen MR) is 114 cm³/mol. The van der Waals surface area contributed by atoms with Crippen molar-refractivity contribution in [2.45, 2.75) is 19.5 Å². The molecule has 0 aliphatic heterocycles. The number of nitrogens with one attached hydrogen (secondary N) is 1. The van der Waals surface area contributed by atoms with Crippen LogP contribution in [0.1, 0.15) is 34.5 Å². The van der Waals surface area contributed by atoms with E-state index in [4.69, 9.17) is 0 Å². The Morgan fingerprint density at radius 2 is 1.69 bits per heavy atom. The highest BCUT2D eigenvalue weighted by molar-refractivity contribution is 5.97. The first-order valence-corrected chi connectivity index (χ1v) is 9.52. The van der Waals surface area contributed by atoms with Gasteiger partial charge in [0, 0.05) is 11.6 Å². The Morgan fingerprint density at radius 1 is 1.00 bits per heavy atom. The second kappa shape index (κ2) is 8.10. The summed E-state index contributed by atoms with van der Waals surface area (Å²) in [6.45, 7) is 2.25. The van der Waals surface area contributed by atoms with Gasteiger partial charge in [0.15, 0.2) is 0 Å². The monoisotopic (exact) mass is 383 g/mol. The van der Waals surface area contributed by atoms with Gasteiger partial charge in [-0.25, -0.2) is 4.98 Å². The fourth-order valence-corrected chi connectivity index (χ4v) is 3.38. The molecule has 0 fully saturated rings. The summed E-state index contributed by atoms with van der Waals surface area (Å²) in [5, 5.41) is 3.69. The van der Waals surface area contributed by atoms with Gasteiger partial charge in [-0.15, -0.1) is 0 Å². The lowest BCUT2D eigenvalue weighted by atomic mass is 10.1. The summed E-state index contributed by atoms with van der Waals surface area (Å²) in [4.78, 5) is 30.5. The van der Waals surface area contributed by atoms with Crippen LogP contribution in [0.5, 0.6) is 0 Å². The number of carbonyl (C=O) groups is 1. The van der Waals surface area contributed by atoms with Gasteiger partial charge >= 0.3 is 0 Å². The molecule has 0 spiro atoms. The largest absolute Gasteiger partial charge is 0.345 e. The zero-order chi connectivity index (χ0) is 20.2. The molecule has 0 aliphatic rings. The molecule has 0 aliphatic carbocycles. The number of pyridine rings is 2. The topological polar surface area (TPSA) is 64.0 Å². The molecule has 4 aromatic rings. The van der Waals surface area contributed by atoms with Gasteiger partial charge in [-0.3, -0.25) is 14.2 Å². The number of hydrogen-bond donors (Lipinski definition) is 1. The van der Waals surface area contributed by atoms with Crippen molar-refractivity contribution in [1.82, 2.24) is 14.9 Å². The van der Waals surface area contributed by atoms with Crippen LogP contribution in [0.15, 0.2) is 89.9 Å². The molecule has 0 bridgehead atoms. The molecule has 2 aromatic carbocycles. The molecule has 2 aromatic heterocycles. The number of fused-ring (bicyclic) bond motifs is 1. The maximum absolute atomic E-state index is 13.2. The second-order valence-corrected chi connectivity index (χ2v) is 6.96. The van der Waals surface area contributed by atoms with Gasteiger partial charge in [0.05, 0.1) is 12.6 Å². The van der Waals surface area contributed by atoms with Crippen LogP contribution in [0.4, 0.5) is 0 Å². The van der Waals surface area contributed by atoms with E-state index in [1.54, 1.807) is 22.9 Å². The molecule has 1 amide bonds. The quantitative estimate of drug-likeness (QED) is 0.568. The van der Waals surface area contributed by atoms with E-state index >= 15 is 0 Å². The van der Waals surface area contributed by atoms with Gasteiger partial charge < -0.3 is 5.32 Å². The van der Waals surface area contributed by atoms with Crippen LogP contribution in [0, 0.1) is 0 Å². The van der Waals surface area contributed by atoms with Gasteiger partial charge in [0.2, 0.25) is 0 Å². The molecule has 2 heterocycles. The van der Waals surface area contributed by atoms with E-state index in [0.717, 1.165) is 16.5 Å². The lowest BCUT2D eigenvalue weighted by Gasteiger charge is -2.16. The van der Waals surface area contributed by atoms with Crippen LogP contribution < -0.4 is 10.9 Å². The number of benzene rings is 2. The molecular weight excluding hydrogens is 362 g/mol. The van der Waals surface area contributed by atoms with Gasteiger partial charge in [0.25, 0.3) is 11.5 Å². The molecule has 0 unspecified atom stereocenters. The van der Waals surface area contributed by atoms with E-state index in [1.807, 2.05) is 73.7 Å². The SMILES string of the molecule is C[C@@H](NC(=O)c1cc2cccnc2n(Cc2ccccc2)c1=O)c1ccccc1. The van der Waals surface area contributed by atoms with Gasteiger partial charge in [0.1, 0.15) is 11.2 Å². The van der Waals surface area contributed by atoms with Crippen LogP contribution in [0.25, 0.3) is 11.0 Å². The molecule has 5 nitrogen and oxygen atoms in total. The van der Waals surface area contributed by atoms with Crippen molar-refractivity contribution in [3.8, 4) is 0 Å². The molecule has 1 N–H and O–H groups in total. The van der Waals surface area contributed by atoms with Crippen molar-refractivity contribution >= 4 is 16.9 Å². The molecule has 1 atom stereocenters. The molecular formula is C24H21N3O2. The van der Waals surface area contributed by atoms with Crippen molar-refractivity contribution < 1.29 is 4.79 Å². The molecule has 144 valence electrons. The smallest absolute Gasteiger partial charge is 0.265 e. The minimum Gasteiger partial charge on any atom is -0.345 e. The molecule has 29 heavy (non-hydrogen) atoms. The van der Waals surface area contributed by atoms with Crippen LogP contribution >= 0.6 is 0 Å². The van der Waals surface area contributed by atoms with Crippen molar-refractivity contribution in [2.24, 2.45) is 0 Å². The third-order valence-electron chi connectivity index (χ3n) is 4.92. The standard InChI is InChI=1S/C24H21N3O2/c1-17(19-11-6-3-7-12-19)26-23(28)21-15-20-13-8-14-25-22(20)27(24(21)29)16-18-9-4-2-5-10-18/h2-15,17H,16H2,1H3,(H,26,28)/t17-/m1/s1. The maximum Gasteiger partial charge on any atom is 0.265 e. The summed E-state index contributed by atoms with van der Waals surface area (Å²) in [5.41, 5.74) is 2.28.